The van der Waals surface area contributed by atoms with Crippen molar-refractivity contribution < 1.29 is 18.0 Å². The van der Waals surface area contributed by atoms with Crippen molar-refractivity contribution in [3.05, 3.63) is 47.5 Å². The van der Waals surface area contributed by atoms with Crippen molar-refractivity contribution in [1.82, 2.24) is 10.2 Å². The van der Waals surface area contributed by atoms with Crippen LogP contribution in [-0.2, 0) is 11.0 Å². The van der Waals surface area contributed by atoms with Crippen LogP contribution >= 0.6 is 0 Å². The van der Waals surface area contributed by atoms with Gasteiger partial charge < -0.3 is 5.32 Å². The Bertz CT molecular complexity index is 642. The van der Waals surface area contributed by atoms with E-state index in [2.05, 4.69) is 23.7 Å². The third-order valence-electron chi connectivity index (χ3n) is 3.10. The number of nitrogens with one attached hydrogen (secondary N) is 1. The van der Waals surface area contributed by atoms with Gasteiger partial charge in [0.15, 0.2) is 0 Å². The summed E-state index contributed by atoms with van der Waals surface area (Å²) < 4.78 is 37.8. The van der Waals surface area contributed by atoms with Crippen molar-refractivity contribution in [3.8, 4) is 11.8 Å². The van der Waals surface area contributed by atoms with Crippen LogP contribution in [0.2, 0.25) is 0 Å². The van der Waals surface area contributed by atoms with Crippen LogP contribution in [-0.4, -0.2) is 37.0 Å². The van der Waals surface area contributed by atoms with E-state index in [9.17, 15) is 18.0 Å². The number of benzene rings is 1. The third kappa shape index (κ3) is 7.34. The second-order valence-electron chi connectivity index (χ2n) is 5.42. The highest BCUT2D eigenvalue weighted by Gasteiger charge is 2.30. The van der Waals surface area contributed by atoms with Crippen LogP contribution in [0, 0.1) is 11.8 Å². The predicted octanol–water partition coefficient (Wildman–Crippen LogP) is 3.07. The minimum Gasteiger partial charge on any atom is -0.344 e. The first-order valence-electron chi connectivity index (χ1n) is 7.52. The number of rotatable bonds is 6. The van der Waals surface area contributed by atoms with Gasteiger partial charge in [0.25, 0.3) is 0 Å². The summed E-state index contributed by atoms with van der Waals surface area (Å²) in [6, 6.07) is 4.78. The Balaban J connectivity index is 2.52. The van der Waals surface area contributed by atoms with Crippen molar-refractivity contribution in [1.29, 1.82) is 0 Å². The quantitative estimate of drug-likeness (QED) is 0.639. The standard InChI is InChI=1S/C18H21F3N2O/c1-4-23(12-14(2)3)13-17(24)22-10-6-8-15-7-5-9-16(11-15)18(19,20)21/h5,7,9,11H,2,4,10,12-13H2,1,3H3,(H,22,24). The maximum absolute atomic E-state index is 12.6. The summed E-state index contributed by atoms with van der Waals surface area (Å²) in [5.74, 6) is 5.09. The number of alkyl halides is 3. The Kier molecular flexibility index (Phi) is 7.53. The number of carbonyl (C=O) groups excluding carboxylic acids is 1. The Morgan fingerprint density at radius 3 is 2.62 bits per heavy atom. The second-order valence-corrected chi connectivity index (χ2v) is 5.42. The van der Waals surface area contributed by atoms with Gasteiger partial charge in [0.2, 0.25) is 5.91 Å². The van der Waals surface area contributed by atoms with Crippen molar-refractivity contribution in [2.45, 2.75) is 20.0 Å². The number of likely N-dealkylation sites (N-methyl/N-ethyl adjacent to an activating group) is 1. The van der Waals surface area contributed by atoms with E-state index in [1.807, 2.05) is 18.7 Å². The molecule has 130 valence electrons. The van der Waals surface area contributed by atoms with Gasteiger partial charge in [-0.2, -0.15) is 13.2 Å². The first-order chi connectivity index (χ1) is 11.2. The molecule has 0 aliphatic heterocycles. The maximum Gasteiger partial charge on any atom is 0.416 e. The fraction of sp³-hybridized carbons (Fsp3) is 0.389. The molecule has 0 saturated heterocycles. The van der Waals surface area contributed by atoms with Crippen LogP contribution in [0.1, 0.15) is 25.0 Å². The smallest absolute Gasteiger partial charge is 0.344 e. The molecule has 0 aromatic heterocycles. The van der Waals surface area contributed by atoms with Gasteiger partial charge in [-0.1, -0.05) is 37.0 Å². The van der Waals surface area contributed by atoms with E-state index in [0.29, 0.717) is 6.54 Å². The van der Waals surface area contributed by atoms with Gasteiger partial charge in [-0.05, 0) is 31.7 Å². The van der Waals surface area contributed by atoms with Crippen LogP contribution in [0.25, 0.3) is 0 Å². The second kappa shape index (κ2) is 9.14. The summed E-state index contributed by atoms with van der Waals surface area (Å²) in [6.45, 7) is 9.32. The Hall–Kier alpha value is -2.26. The molecular weight excluding hydrogens is 317 g/mol. The lowest BCUT2D eigenvalue weighted by Gasteiger charge is -2.19. The summed E-state index contributed by atoms with van der Waals surface area (Å²) in [4.78, 5) is 13.7. The summed E-state index contributed by atoms with van der Waals surface area (Å²) >= 11 is 0. The number of hydrogen-bond donors (Lipinski definition) is 1. The average Bonchev–Trinajstić information content (AvgIpc) is 2.50. The molecule has 0 aliphatic rings. The lowest BCUT2D eigenvalue weighted by Crippen LogP contribution is -2.38. The van der Waals surface area contributed by atoms with E-state index in [4.69, 9.17) is 0 Å². The number of halogens is 3. The first kappa shape index (κ1) is 19.8. The van der Waals surface area contributed by atoms with E-state index in [1.165, 1.54) is 12.1 Å². The third-order valence-corrected chi connectivity index (χ3v) is 3.10. The van der Waals surface area contributed by atoms with Gasteiger partial charge in [0.1, 0.15) is 0 Å². The minimum atomic E-state index is -4.39. The molecule has 1 N–H and O–H groups in total. The molecule has 0 unspecified atom stereocenters. The highest BCUT2D eigenvalue weighted by Crippen LogP contribution is 2.29. The fourth-order valence-corrected chi connectivity index (χ4v) is 1.98. The monoisotopic (exact) mass is 338 g/mol. The van der Waals surface area contributed by atoms with E-state index in [0.717, 1.165) is 24.3 Å². The Morgan fingerprint density at radius 2 is 2.04 bits per heavy atom. The summed E-state index contributed by atoms with van der Waals surface area (Å²) in [7, 11) is 0. The molecule has 3 nitrogen and oxygen atoms in total. The summed E-state index contributed by atoms with van der Waals surface area (Å²) in [5, 5.41) is 2.63. The zero-order chi connectivity index (χ0) is 18.2. The van der Waals surface area contributed by atoms with E-state index >= 15 is 0 Å². The molecule has 0 bridgehead atoms. The number of amides is 1. The highest BCUT2D eigenvalue weighted by molar-refractivity contribution is 5.78. The molecule has 1 aromatic carbocycles. The zero-order valence-electron chi connectivity index (χ0n) is 13.8. The topological polar surface area (TPSA) is 32.3 Å². The lowest BCUT2D eigenvalue weighted by molar-refractivity contribution is -0.137. The van der Waals surface area contributed by atoms with Crippen LogP contribution in [0.15, 0.2) is 36.4 Å². The van der Waals surface area contributed by atoms with E-state index in [-0.39, 0.29) is 24.6 Å². The van der Waals surface area contributed by atoms with Crippen LogP contribution in [0.3, 0.4) is 0 Å². The van der Waals surface area contributed by atoms with Crippen LogP contribution in [0.5, 0.6) is 0 Å². The molecule has 0 spiro atoms. The minimum absolute atomic E-state index is 0.0830. The Labute approximate surface area is 140 Å². The molecule has 24 heavy (non-hydrogen) atoms. The Morgan fingerprint density at radius 1 is 1.33 bits per heavy atom. The average molecular weight is 338 g/mol. The maximum atomic E-state index is 12.6. The summed E-state index contributed by atoms with van der Waals surface area (Å²) in [6.07, 6.45) is -4.39. The first-order valence-corrected chi connectivity index (χ1v) is 7.52. The number of hydrogen-bond acceptors (Lipinski definition) is 2. The van der Waals surface area contributed by atoms with Crippen molar-refractivity contribution in [2.24, 2.45) is 0 Å². The lowest BCUT2D eigenvalue weighted by atomic mass is 10.1. The zero-order valence-corrected chi connectivity index (χ0v) is 13.8. The van der Waals surface area contributed by atoms with Gasteiger partial charge >= 0.3 is 6.18 Å². The molecule has 0 saturated carbocycles. The van der Waals surface area contributed by atoms with Crippen LogP contribution < -0.4 is 5.32 Å². The van der Waals surface area contributed by atoms with Crippen molar-refractivity contribution >= 4 is 5.91 Å². The molecule has 0 aliphatic carbocycles. The van der Waals surface area contributed by atoms with E-state index in [1.54, 1.807) is 0 Å². The molecule has 0 radical (unpaired) electrons. The summed E-state index contributed by atoms with van der Waals surface area (Å²) in [5.41, 5.74) is 0.488. The van der Waals surface area contributed by atoms with Gasteiger partial charge in [0.05, 0.1) is 18.7 Å². The fourth-order valence-electron chi connectivity index (χ4n) is 1.98. The molecule has 1 rings (SSSR count). The van der Waals surface area contributed by atoms with Crippen molar-refractivity contribution in [3.63, 3.8) is 0 Å². The van der Waals surface area contributed by atoms with Gasteiger partial charge in [0, 0.05) is 12.1 Å². The van der Waals surface area contributed by atoms with E-state index < -0.39 is 11.7 Å². The largest absolute Gasteiger partial charge is 0.416 e. The van der Waals surface area contributed by atoms with Gasteiger partial charge in [-0.15, -0.1) is 0 Å². The highest BCUT2D eigenvalue weighted by atomic mass is 19.4. The molecule has 1 amide bonds. The van der Waals surface area contributed by atoms with Gasteiger partial charge in [-0.3, -0.25) is 9.69 Å². The molecule has 0 atom stereocenters. The SMILES string of the molecule is C=C(C)CN(CC)CC(=O)NCC#Cc1cccc(C(F)(F)F)c1. The number of carbonyl (C=O) groups is 1. The molecule has 0 heterocycles. The number of nitrogens with zero attached hydrogens (tertiary/aromatic N) is 1. The van der Waals surface area contributed by atoms with Crippen LogP contribution in [0.4, 0.5) is 13.2 Å². The van der Waals surface area contributed by atoms with Crippen molar-refractivity contribution in [2.75, 3.05) is 26.2 Å². The molecule has 1 aromatic rings. The predicted molar refractivity (Wildman–Crippen MR) is 88.3 cm³/mol. The molecule has 6 heteroatoms. The molecule has 0 fully saturated rings. The molecular formula is C18H21F3N2O. The normalized spacial score (nSPS) is 10.9. The van der Waals surface area contributed by atoms with Gasteiger partial charge in [-0.25, -0.2) is 0 Å².